The Labute approximate surface area is 167 Å². The summed E-state index contributed by atoms with van der Waals surface area (Å²) in [5, 5.41) is 11.9. The lowest BCUT2D eigenvalue weighted by molar-refractivity contribution is -0.137. The van der Waals surface area contributed by atoms with Gasteiger partial charge in [-0.1, -0.05) is 0 Å². The molecule has 0 aliphatic heterocycles. The number of halogens is 3. The fraction of sp³-hybridized carbons (Fsp3) is 0.579. The van der Waals surface area contributed by atoms with Crippen molar-refractivity contribution in [3.63, 3.8) is 0 Å². The summed E-state index contributed by atoms with van der Waals surface area (Å²) in [6, 6.07) is 4.26. The van der Waals surface area contributed by atoms with Crippen molar-refractivity contribution < 1.29 is 26.4 Å². The number of alkyl halides is 3. The molecule has 0 saturated heterocycles. The number of anilines is 1. The van der Waals surface area contributed by atoms with Gasteiger partial charge in [0.1, 0.15) is 0 Å². The van der Waals surface area contributed by atoms with Gasteiger partial charge in [0.15, 0.2) is 0 Å². The van der Waals surface area contributed by atoms with Crippen LogP contribution in [0.25, 0.3) is 0 Å². The standard InChI is InChI=1S/C19H22F3N3O3S/c1-17(2,3)29(27,28)25-14-5-4-12(19(20,21)22)6-13(14)16(26)24-15-9-18(10-23)7-11(15)8-18/h4-6,11,15,25H,7-9H2,1-3H3,(H,24,26). The lowest BCUT2D eigenvalue weighted by atomic mass is 9.71. The van der Waals surface area contributed by atoms with Crippen molar-refractivity contribution >= 4 is 21.6 Å². The highest BCUT2D eigenvalue weighted by molar-refractivity contribution is 7.94. The molecule has 1 unspecified atom stereocenters. The number of benzene rings is 1. The van der Waals surface area contributed by atoms with Gasteiger partial charge in [-0.25, -0.2) is 8.42 Å². The van der Waals surface area contributed by atoms with Gasteiger partial charge >= 0.3 is 6.18 Å². The Bertz CT molecular complexity index is 985. The van der Waals surface area contributed by atoms with E-state index in [0.29, 0.717) is 25.3 Å². The molecule has 6 nitrogen and oxygen atoms in total. The summed E-state index contributed by atoms with van der Waals surface area (Å²) < 4.78 is 65.4. The molecule has 1 amide bonds. The van der Waals surface area contributed by atoms with E-state index in [9.17, 15) is 31.6 Å². The molecule has 3 aliphatic rings. The molecule has 29 heavy (non-hydrogen) atoms. The van der Waals surface area contributed by atoms with Crippen LogP contribution in [0, 0.1) is 22.7 Å². The molecule has 3 saturated carbocycles. The van der Waals surface area contributed by atoms with E-state index in [2.05, 4.69) is 16.1 Å². The normalized spacial score (nSPS) is 26.4. The number of hydrogen-bond donors (Lipinski definition) is 2. The zero-order valence-corrected chi connectivity index (χ0v) is 17.0. The van der Waals surface area contributed by atoms with E-state index in [1.165, 1.54) is 20.8 Å². The van der Waals surface area contributed by atoms with Gasteiger partial charge < -0.3 is 5.32 Å². The lowest BCUT2D eigenvalue weighted by Crippen LogP contribution is -2.38. The first-order chi connectivity index (χ1) is 13.2. The maximum atomic E-state index is 13.2. The van der Waals surface area contributed by atoms with Crippen LogP contribution < -0.4 is 10.0 Å². The molecule has 0 aromatic heterocycles. The number of amides is 1. The predicted octanol–water partition coefficient (Wildman–Crippen LogP) is 3.67. The molecule has 1 aromatic rings. The van der Waals surface area contributed by atoms with Crippen molar-refractivity contribution in [2.45, 2.75) is 57.0 Å². The molecule has 4 rings (SSSR count). The van der Waals surface area contributed by atoms with E-state index < -0.39 is 43.4 Å². The number of fused-ring (bicyclic) bond motifs is 1. The first kappa shape index (κ1) is 21.4. The van der Waals surface area contributed by atoms with E-state index in [1.807, 2.05) is 0 Å². The molecule has 3 aliphatic carbocycles. The fourth-order valence-electron chi connectivity index (χ4n) is 3.83. The molecule has 0 radical (unpaired) electrons. The topological polar surface area (TPSA) is 99.1 Å². The number of rotatable bonds is 4. The average Bonchev–Trinajstić information content (AvgIpc) is 3.06. The molecule has 0 heterocycles. The third-order valence-electron chi connectivity index (χ3n) is 5.68. The van der Waals surface area contributed by atoms with Crippen LogP contribution in [0.2, 0.25) is 0 Å². The Hall–Kier alpha value is -2.28. The van der Waals surface area contributed by atoms with Crippen LogP contribution in [0.3, 0.4) is 0 Å². The van der Waals surface area contributed by atoms with Crippen molar-refractivity contribution in [2.75, 3.05) is 4.72 Å². The highest BCUT2D eigenvalue weighted by Crippen LogP contribution is 2.58. The van der Waals surface area contributed by atoms with E-state index in [-0.39, 0.29) is 17.6 Å². The third kappa shape index (κ3) is 3.92. The molecule has 10 heteroatoms. The van der Waals surface area contributed by atoms with Gasteiger partial charge in [-0.2, -0.15) is 18.4 Å². The second-order valence-corrected chi connectivity index (χ2v) is 11.3. The van der Waals surface area contributed by atoms with Gasteiger partial charge in [-0.05, 0) is 64.2 Å². The zero-order chi connectivity index (χ0) is 21.8. The Kier molecular flexibility index (Phi) is 4.89. The van der Waals surface area contributed by atoms with Crippen LogP contribution in [0.4, 0.5) is 18.9 Å². The van der Waals surface area contributed by atoms with Crippen LogP contribution in [0.15, 0.2) is 18.2 Å². The molecule has 0 spiro atoms. The first-order valence-electron chi connectivity index (χ1n) is 9.13. The van der Waals surface area contributed by atoms with Gasteiger partial charge in [0.25, 0.3) is 5.91 Å². The van der Waals surface area contributed by atoms with Crippen molar-refractivity contribution in [3.8, 4) is 6.07 Å². The summed E-state index contributed by atoms with van der Waals surface area (Å²) in [7, 11) is -3.95. The summed E-state index contributed by atoms with van der Waals surface area (Å²) in [6.07, 6.45) is -2.93. The largest absolute Gasteiger partial charge is 0.416 e. The summed E-state index contributed by atoms with van der Waals surface area (Å²) in [5.74, 6) is -0.688. The van der Waals surface area contributed by atoms with Gasteiger partial charge in [-0.3, -0.25) is 9.52 Å². The summed E-state index contributed by atoms with van der Waals surface area (Å²) in [4.78, 5) is 12.8. The molecule has 2 bridgehead atoms. The van der Waals surface area contributed by atoms with Gasteiger partial charge in [0.05, 0.1) is 33.0 Å². The third-order valence-corrected chi connectivity index (χ3v) is 7.78. The van der Waals surface area contributed by atoms with Crippen molar-refractivity contribution in [3.05, 3.63) is 29.3 Å². The second-order valence-electron chi connectivity index (χ2n) is 8.82. The number of carbonyl (C=O) groups excluding carboxylic acids is 1. The number of nitriles is 1. The number of carbonyl (C=O) groups is 1. The number of nitrogens with zero attached hydrogens (tertiary/aromatic N) is 1. The van der Waals surface area contributed by atoms with Crippen LogP contribution >= 0.6 is 0 Å². The van der Waals surface area contributed by atoms with Crippen molar-refractivity contribution in [1.82, 2.24) is 5.32 Å². The highest BCUT2D eigenvalue weighted by Gasteiger charge is 2.57. The summed E-state index contributed by atoms with van der Waals surface area (Å²) in [6.45, 7) is 4.31. The van der Waals surface area contributed by atoms with E-state index in [4.69, 9.17) is 0 Å². The Morgan fingerprint density at radius 2 is 1.83 bits per heavy atom. The van der Waals surface area contributed by atoms with Gasteiger partial charge in [-0.15, -0.1) is 0 Å². The Balaban J connectivity index is 1.92. The smallest absolute Gasteiger partial charge is 0.349 e. The Morgan fingerprint density at radius 1 is 1.21 bits per heavy atom. The second kappa shape index (κ2) is 6.62. The zero-order valence-electron chi connectivity index (χ0n) is 16.2. The molecule has 1 aromatic carbocycles. The first-order valence-corrected chi connectivity index (χ1v) is 10.6. The van der Waals surface area contributed by atoms with Crippen LogP contribution in [0.5, 0.6) is 0 Å². The maximum absolute atomic E-state index is 13.2. The molecular weight excluding hydrogens is 407 g/mol. The predicted molar refractivity (Wildman–Crippen MR) is 100 cm³/mol. The van der Waals surface area contributed by atoms with Crippen molar-refractivity contribution in [2.24, 2.45) is 11.3 Å². The van der Waals surface area contributed by atoms with E-state index in [1.54, 1.807) is 0 Å². The number of nitrogens with one attached hydrogen (secondary N) is 2. The monoisotopic (exact) mass is 429 g/mol. The van der Waals surface area contributed by atoms with E-state index in [0.717, 1.165) is 12.1 Å². The number of hydrogen-bond acceptors (Lipinski definition) is 4. The molecule has 3 fully saturated rings. The highest BCUT2D eigenvalue weighted by atomic mass is 32.2. The minimum absolute atomic E-state index is 0.110. The van der Waals surface area contributed by atoms with Gasteiger partial charge in [0.2, 0.25) is 10.0 Å². The minimum Gasteiger partial charge on any atom is -0.349 e. The lowest BCUT2D eigenvalue weighted by Gasteiger charge is -2.31. The fourth-order valence-corrected chi connectivity index (χ4v) is 4.60. The van der Waals surface area contributed by atoms with Crippen LogP contribution in [-0.2, 0) is 16.2 Å². The van der Waals surface area contributed by atoms with Crippen LogP contribution in [-0.4, -0.2) is 25.1 Å². The van der Waals surface area contributed by atoms with Gasteiger partial charge in [0, 0.05) is 6.04 Å². The number of sulfonamides is 1. The SMILES string of the molecule is CC(C)(C)S(=O)(=O)Nc1ccc(C(F)(F)F)cc1C(=O)NC1CC2(C#N)CC1C2. The molecule has 158 valence electrons. The summed E-state index contributed by atoms with van der Waals surface area (Å²) in [5.41, 5.74) is -2.13. The van der Waals surface area contributed by atoms with Crippen molar-refractivity contribution in [1.29, 1.82) is 5.26 Å². The van der Waals surface area contributed by atoms with Crippen LogP contribution in [0.1, 0.15) is 56.0 Å². The quantitative estimate of drug-likeness (QED) is 0.763. The molecule has 1 atom stereocenters. The molecular formula is C19H22F3N3O3S. The summed E-state index contributed by atoms with van der Waals surface area (Å²) >= 11 is 0. The molecule has 2 N–H and O–H groups in total. The Morgan fingerprint density at radius 3 is 2.31 bits per heavy atom. The minimum atomic E-state index is -4.68. The average molecular weight is 429 g/mol. The van der Waals surface area contributed by atoms with E-state index >= 15 is 0 Å². The maximum Gasteiger partial charge on any atom is 0.416 e.